The van der Waals surface area contributed by atoms with Gasteiger partial charge in [-0.25, -0.2) is 0 Å². The summed E-state index contributed by atoms with van der Waals surface area (Å²) in [6.45, 7) is 14.6. The predicted molar refractivity (Wildman–Crippen MR) is 255 cm³/mol. The molecule has 0 fully saturated rings. The van der Waals surface area contributed by atoms with Gasteiger partial charge in [-0.2, -0.15) is 0 Å². The van der Waals surface area contributed by atoms with E-state index in [0.29, 0.717) is 19.3 Å². The molecule has 316 valence electrons. The van der Waals surface area contributed by atoms with Crippen LogP contribution in [-0.4, -0.2) is 85.8 Å². The Balaban J connectivity index is 0.000000458. The number of benzene rings is 5. The first-order valence-electron chi connectivity index (χ1n) is 20.4. The van der Waals surface area contributed by atoms with Crippen molar-refractivity contribution >= 4 is 77.2 Å². The summed E-state index contributed by atoms with van der Waals surface area (Å²) in [7, 11) is -9.75. The molecular weight excluding hydrogens is 837 g/mol. The van der Waals surface area contributed by atoms with Crippen molar-refractivity contribution in [2.75, 3.05) is 34.5 Å². The van der Waals surface area contributed by atoms with E-state index in [2.05, 4.69) is 130 Å². The lowest BCUT2D eigenvalue weighted by Crippen LogP contribution is -2.66. The molecule has 14 heteroatoms. The summed E-state index contributed by atoms with van der Waals surface area (Å²) in [6.07, 6.45) is 1.64. The summed E-state index contributed by atoms with van der Waals surface area (Å²) in [5.74, 6) is 0. The van der Waals surface area contributed by atoms with Crippen LogP contribution in [0.1, 0.15) is 12.8 Å². The van der Waals surface area contributed by atoms with E-state index in [1.165, 1.54) is 15.6 Å². The van der Waals surface area contributed by atoms with E-state index in [9.17, 15) is 4.46 Å². The topological polar surface area (TPSA) is 81.7 Å². The maximum absolute atomic E-state index is 12.0. The Morgan fingerprint density at radius 1 is 0.458 bits per heavy atom. The molecule has 1 unspecified atom stereocenters. The van der Waals surface area contributed by atoms with Gasteiger partial charge in [0, 0.05) is 51.0 Å². The third-order valence-electron chi connectivity index (χ3n) is 10.2. The largest absolute Gasteiger partial charge is 0.500 e. The molecule has 0 saturated carbocycles. The summed E-state index contributed by atoms with van der Waals surface area (Å²) < 4.78 is 56.5. The average Bonchev–Trinajstić information content (AvgIpc) is 3.25. The molecule has 0 saturated heterocycles. The fourth-order valence-electron chi connectivity index (χ4n) is 7.30. The van der Waals surface area contributed by atoms with Gasteiger partial charge in [0.25, 0.3) is 0 Å². The summed E-state index contributed by atoms with van der Waals surface area (Å²) >= 11 is 0. The monoisotopic (exact) mass is 900 g/mol. The molecule has 0 aliphatic rings. The van der Waals surface area contributed by atoms with Gasteiger partial charge >= 0.3 is 34.6 Å². The highest BCUT2D eigenvalue weighted by atomic mass is 28.5. The van der Waals surface area contributed by atoms with Crippen LogP contribution in [0.4, 0.5) is 0 Å². The second-order valence-electron chi connectivity index (χ2n) is 15.7. The summed E-state index contributed by atoms with van der Waals surface area (Å²) in [5, 5.41) is 5.57. The van der Waals surface area contributed by atoms with Crippen molar-refractivity contribution in [3.63, 3.8) is 0 Å². The van der Waals surface area contributed by atoms with E-state index < -0.39 is 51.2 Å². The lowest BCUT2D eigenvalue weighted by molar-refractivity contribution is 0.107. The molecule has 0 radical (unpaired) electrons. The molecule has 8 nitrogen and oxygen atoms in total. The van der Waals surface area contributed by atoms with Gasteiger partial charge < -0.3 is 34.8 Å². The smallest absolute Gasteiger partial charge is 0.433 e. The number of rotatable bonds is 22. The lowest BCUT2D eigenvalue weighted by atomic mass is 10.4. The lowest BCUT2D eigenvalue weighted by Gasteiger charge is -2.43. The van der Waals surface area contributed by atoms with E-state index in [4.69, 9.17) is 30.4 Å². The van der Waals surface area contributed by atoms with Crippen LogP contribution in [0, 0.1) is 0 Å². The van der Waals surface area contributed by atoms with Crippen LogP contribution >= 0.6 is 0 Å². The molecule has 0 aromatic heterocycles. The fraction of sp³-hybridized carbons (Fsp3) is 0.333. The maximum atomic E-state index is 12.0. The van der Waals surface area contributed by atoms with Crippen molar-refractivity contribution < 1.29 is 34.8 Å². The molecular formula is C45H64O8Si6. The first kappa shape index (κ1) is 48.6. The van der Waals surface area contributed by atoms with Crippen LogP contribution in [0.25, 0.3) is 0 Å². The van der Waals surface area contributed by atoms with Crippen LogP contribution in [0.2, 0.25) is 51.4 Å². The second kappa shape index (κ2) is 23.2. The van der Waals surface area contributed by atoms with Crippen molar-refractivity contribution in [2.24, 2.45) is 0 Å². The molecule has 0 bridgehead atoms. The van der Waals surface area contributed by atoms with Gasteiger partial charge in [-0.05, 0) is 73.7 Å². The molecule has 59 heavy (non-hydrogen) atoms. The average molecular weight is 902 g/mol. The van der Waals surface area contributed by atoms with Gasteiger partial charge in [0.05, 0.1) is 0 Å². The van der Waals surface area contributed by atoms with Crippen molar-refractivity contribution in [2.45, 2.75) is 64.2 Å². The molecule has 1 atom stereocenters. The first-order valence-corrected chi connectivity index (χ1v) is 34.4. The Bertz CT molecular complexity index is 1850. The van der Waals surface area contributed by atoms with Gasteiger partial charge in [-0.3, -0.25) is 0 Å². The zero-order valence-electron chi connectivity index (χ0n) is 36.4. The Morgan fingerprint density at radius 2 is 0.831 bits per heavy atom. The van der Waals surface area contributed by atoms with Gasteiger partial charge in [0.2, 0.25) is 16.6 Å². The highest BCUT2D eigenvalue weighted by Gasteiger charge is 2.49. The van der Waals surface area contributed by atoms with E-state index in [-0.39, 0.29) is 0 Å². The summed E-state index contributed by atoms with van der Waals surface area (Å²) in [6, 6.07) is 52.6. The van der Waals surface area contributed by atoms with Crippen molar-refractivity contribution in [3.8, 4) is 0 Å². The third-order valence-corrected chi connectivity index (χ3v) is 31.7. The van der Waals surface area contributed by atoms with Crippen molar-refractivity contribution in [1.82, 2.24) is 0 Å². The fourth-order valence-corrected chi connectivity index (χ4v) is 29.9. The number of hydrogen-bond acceptors (Lipinski definition) is 8. The van der Waals surface area contributed by atoms with Gasteiger partial charge in [0.1, 0.15) is 0 Å². The normalized spacial score (nSPS) is 13.2. The zero-order chi connectivity index (χ0) is 42.8. The quantitative estimate of drug-likeness (QED) is 0.0533. The molecule has 0 N–H and O–H groups in total. The minimum absolute atomic E-state index is 0.617. The highest BCUT2D eigenvalue weighted by molar-refractivity contribution is 7.02. The molecule has 0 aliphatic carbocycles. The molecule has 0 spiro atoms. The maximum Gasteiger partial charge on any atom is 0.500 e. The van der Waals surface area contributed by atoms with Crippen LogP contribution in [0.5, 0.6) is 0 Å². The Morgan fingerprint density at radius 3 is 1.24 bits per heavy atom. The molecule has 0 amide bonds. The predicted octanol–water partition coefficient (Wildman–Crippen LogP) is 7.21. The molecule has 0 aliphatic heterocycles. The van der Waals surface area contributed by atoms with Crippen LogP contribution in [0.15, 0.2) is 152 Å². The Kier molecular flexibility index (Phi) is 19.1. The Labute approximate surface area is 360 Å². The molecule has 5 aromatic rings. The molecule has 0 heterocycles. The summed E-state index contributed by atoms with van der Waals surface area (Å²) in [5.41, 5.74) is 0. The molecule has 5 rings (SSSR count). The van der Waals surface area contributed by atoms with Gasteiger partial charge in [-0.15, -0.1) is 0 Å². The van der Waals surface area contributed by atoms with Crippen molar-refractivity contribution in [3.05, 3.63) is 152 Å². The summed E-state index contributed by atoms with van der Waals surface area (Å²) in [4.78, 5) is 0. The number of hydrogen-bond donors (Lipinski definition) is 0. The van der Waals surface area contributed by atoms with E-state index in [1.54, 1.807) is 21.3 Å². The third kappa shape index (κ3) is 14.8. The SMILES string of the molecule is CO[Si](CCCOCCC[Si](C)(O[Si](C)(C)O[Si](C)(C)c1ccccc1)O[Si](C)(c1ccccc1)c1ccccc1)(OC)OC.O=[Si](c1ccccc1)c1ccccc1. The minimum atomic E-state index is -2.81. The number of ether oxygens (including phenoxy) is 1. The first-order chi connectivity index (χ1) is 28.2. The van der Waals surface area contributed by atoms with Gasteiger partial charge in [0.15, 0.2) is 0 Å². The van der Waals surface area contributed by atoms with Crippen LogP contribution in [0.3, 0.4) is 0 Å². The minimum Gasteiger partial charge on any atom is -0.433 e. The second-order valence-corrected chi connectivity index (χ2v) is 35.4. The van der Waals surface area contributed by atoms with Crippen LogP contribution < -0.4 is 25.9 Å². The molecule has 5 aromatic carbocycles. The van der Waals surface area contributed by atoms with Crippen LogP contribution in [-0.2, 0) is 34.8 Å². The standard InChI is InChI=1S/C33H54O7Si5.C12H10OSi/c1-34-45(35-2,36-3)30-20-28-37-27-19-29-43(8,39-42(6,7)38-41(4,5)31-21-13-10-14-22-31)40-44(9,32-23-15-11-16-24-32)33-25-17-12-18-26-33;13-14(11-7-3-1-4-8-11)12-9-5-2-6-10-12/h10-18,21-26H,19-20,27-30H2,1-9H3;1-10H. The van der Waals surface area contributed by atoms with Crippen molar-refractivity contribution in [1.29, 1.82) is 0 Å². The zero-order valence-corrected chi connectivity index (χ0v) is 42.4. The van der Waals surface area contributed by atoms with E-state index >= 15 is 0 Å². The Hall–Kier alpha value is -3.08. The van der Waals surface area contributed by atoms with E-state index in [0.717, 1.165) is 29.3 Å². The van der Waals surface area contributed by atoms with E-state index in [1.807, 2.05) is 60.7 Å². The highest BCUT2D eigenvalue weighted by Crippen LogP contribution is 2.28. The van der Waals surface area contributed by atoms with Gasteiger partial charge in [-0.1, -0.05) is 152 Å².